The van der Waals surface area contributed by atoms with Crippen LogP contribution in [0.1, 0.15) is 41.4 Å². The maximum Gasteiger partial charge on any atom is 0.270 e. The van der Waals surface area contributed by atoms with Crippen molar-refractivity contribution in [2.24, 2.45) is 0 Å². The van der Waals surface area contributed by atoms with Crippen molar-refractivity contribution in [3.8, 4) is 17.2 Å². The van der Waals surface area contributed by atoms with Crippen LogP contribution in [0.5, 0.6) is 17.2 Å². The third-order valence-electron chi connectivity index (χ3n) is 6.26. The minimum atomic E-state index is -0.554. The minimum absolute atomic E-state index is 0.0295. The van der Waals surface area contributed by atoms with E-state index in [4.69, 9.17) is 9.47 Å². The molecule has 164 valence electrons. The van der Waals surface area contributed by atoms with Gasteiger partial charge < -0.3 is 19.9 Å². The number of methoxy groups -OCH3 is 2. The number of hydrogen-bond donors (Lipinski definition) is 4. The van der Waals surface area contributed by atoms with E-state index < -0.39 is 5.92 Å². The molecule has 5 rings (SSSR count). The van der Waals surface area contributed by atoms with Gasteiger partial charge in [0.05, 0.1) is 19.8 Å². The summed E-state index contributed by atoms with van der Waals surface area (Å²) in [5.41, 5.74) is 3.19. The van der Waals surface area contributed by atoms with Crippen LogP contribution in [0.2, 0.25) is 0 Å². The van der Waals surface area contributed by atoms with Crippen molar-refractivity contribution in [3.05, 3.63) is 80.8 Å². The summed E-state index contributed by atoms with van der Waals surface area (Å²) in [4.78, 5) is 26.0. The summed E-state index contributed by atoms with van der Waals surface area (Å²) in [6, 6.07) is 12.4. The number of aromatic hydroxyl groups is 1. The van der Waals surface area contributed by atoms with E-state index in [0.717, 1.165) is 11.3 Å². The molecule has 32 heavy (non-hydrogen) atoms. The van der Waals surface area contributed by atoms with Crippen LogP contribution in [0.25, 0.3) is 0 Å². The average molecular weight is 433 g/mol. The van der Waals surface area contributed by atoms with Crippen LogP contribution in [0, 0.1) is 0 Å². The van der Waals surface area contributed by atoms with E-state index in [9.17, 15) is 14.7 Å². The number of carbonyl (C=O) groups is 1. The molecule has 8 heteroatoms. The predicted octanol–water partition coefficient (Wildman–Crippen LogP) is 3.38. The Balaban J connectivity index is 1.59. The van der Waals surface area contributed by atoms with Crippen LogP contribution in [0.15, 0.2) is 58.5 Å². The van der Waals surface area contributed by atoms with Gasteiger partial charge in [-0.1, -0.05) is 18.2 Å². The lowest BCUT2D eigenvalue weighted by molar-refractivity contribution is -0.116. The minimum Gasteiger partial charge on any atom is -0.508 e. The highest BCUT2D eigenvalue weighted by atomic mass is 16.5. The molecule has 0 bridgehead atoms. The Labute approximate surface area is 183 Å². The molecule has 2 aliphatic rings. The first-order valence-corrected chi connectivity index (χ1v) is 10.3. The second kappa shape index (κ2) is 7.64. The number of aromatic amines is 2. The number of ether oxygens (including phenoxy) is 2. The molecule has 0 fully saturated rings. The largest absolute Gasteiger partial charge is 0.508 e. The average Bonchev–Trinajstić information content (AvgIpc) is 3.17. The maximum absolute atomic E-state index is 13.5. The van der Waals surface area contributed by atoms with Gasteiger partial charge in [-0.2, -0.15) is 0 Å². The summed E-state index contributed by atoms with van der Waals surface area (Å²) in [6.45, 7) is 0. The van der Waals surface area contributed by atoms with Crippen LogP contribution in [-0.4, -0.2) is 35.3 Å². The lowest BCUT2D eigenvalue weighted by Gasteiger charge is -2.34. The number of anilines is 1. The molecule has 0 amide bonds. The number of H-pyrrole nitrogens is 2. The zero-order chi connectivity index (χ0) is 22.4. The van der Waals surface area contributed by atoms with Gasteiger partial charge in [-0.15, -0.1) is 0 Å². The number of rotatable bonds is 4. The van der Waals surface area contributed by atoms with Crippen LogP contribution in [-0.2, 0) is 4.79 Å². The van der Waals surface area contributed by atoms with Crippen molar-refractivity contribution in [2.75, 3.05) is 19.5 Å². The van der Waals surface area contributed by atoms with Crippen molar-refractivity contribution in [1.29, 1.82) is 0 Å². The molecular formula is C24H23N3O5. The summed E-state index contributed by atoms with van der Waals surface area (Å²) >= 11 is 0. The molecule has 2 heterocycles. The molecule has 0 spiro atoms. The quantitative estimate of drug-likeness (QED) is 0.501. The summed E-state index contributed by atoms with van der Waals surface area (Å²) in [7, 11) is 3.17. The SMILES string of the molecule is COc1ccc(C2CC(=O)C3=C(C2)Nc2[nH][nH]c(=O)c2C3c2cccc(O)c2)cc1OC. The van der Waals surface area contributed by atoms with Gasteiger partial charge in [0.2, 0.25) is 0 Å². The fourth-order valence-electron chi connectivity index (χ4n) is 4.80. The number of phenols is 1. The third kappa shape index (κ3) is 3.15. The van der Waals surface area contributed by atoms with Gasteiger partial charge in [-0.05, 0) is 47.7 Å². The number of Topliss-reactive ketones (excluding diaryl/α,β-unsaturated/α-hetero) is 1. The second-order valence-corrected chi connectivity index (χ2v) is 8.06. The molecule has 0 radical (unpaired) electrons. The Bertz CT molecular complexity index is 1300. The molecule has 0 saturated heterocycles. The van der Waals surface area contributed by atoms with Gasteiger partial charge in [0.15, 0.2) is 17.3 Å². The molecule has 2 atom stereocenters. The lowest BCUT2D eigenvalue weighted by atomic mass is 9.73. The van der Waals surface area contributed by atoms with Crippen molar-refractivity contribution in [1.82, 2.24) is 10.2 Å². The highest BCUT2D eigenvalue weighted by Gasteiger charge is 2.40. The topological polar surface area (TPSA) is 116 Å². The molecule has 2 aromatic carbocycles. The Morgan fingerprint density at radius 3 is 2.50 bits per heavy atom. The highest BCUT2D eigenvalue weighted by Crippen LogP contribution is 2.47. The highest BCUT2D eigenvalue weighted by molar-refractivity contribution is 6.01. The smallest absolute Gasteiger partial charge is 0.270 e. The fourth-order valence-corrected chi connectivity index (χ4v) is 4.80. The second-order valence-electron chi connectivity index (χ2n) is 8.06. The Morgan fingerprint density at radius 2 is 1.75 bits per heavy atom. The van der Waals surface area contributed by atoms with E-state index in [1.807, 2.05) is 24.3 Å². The molecule has 3 aromatic rings. The number of phenolic OH excluding ortho intramolecular Hbond substituents is 1. The molecule has 4 N–H and O–H groups in total. The normalized spacial score (nSPS) is 19.8. The molecule has 1 aromatic heterocycles. The number of hydrogen-bond acceptors (Lipinski definition) is 6. The summed E-state index contributed by atoms with van der Waals surface area (Å²) in [6.07, 6.45) is 0.904. The van der Waals surface area contributed by atoms with Crippen molar-refractivity contribution in [2.45, 2.75) is 24.7 Å². The van der Waals surface area contributed by atoms with Crippen LogP contribution < -0.4 is 20.3 Å². The number of benzene rings is 2. The maximum atomic E-state index is 13.5. The molecule has 8 nitrogen and oxygen atoms in total. The zero-order valence-electron chi connectivity index (χ0n) is 17.7. The van der Waals surface area contributed by atoms with Gasteiger partial charge in [-0.25, -0.2) is 0 Å². The van der Waals surface area contributed by atoms with Crippen molar-refractivity contribution in [3.63, 3.8) is 0 Å². The van der Waals surface area contributed by atoms with Crippen LogP contribution in [0.4, 0.5) is 5.82 Å². The number of allylic oxidation sites excluding steroid dienone is 2. The fraction of sp³-hybridized carbons (Fsp3) is 0.250. The summed E-state index contributed by atoms with van der Waals surface area (Å²) < 4.78 is 10.8. The van der Waals surface area contributed by atoms with E-state index in [1.54, 1.807) is 32.4 Å². The number of ketones is 1. The Kier molecular flexibility index (Phi) is 4.77. The van der Waals surface area contributed by atoms with E-state index in [0.29, 0.717) is 46.9 Å². The monoisotopic (exact) mass is 433 g/mol. The first kappa shape index (κ1) is 20.0. The number of aromatic nitrogens is 2. The molecule has 0 saturated carbocycles. The van der Waals surface area contributed by atoms with Crippen molar-refractivity contribution < 1.29 is 19.4 Å². The Hall–Kier alpha value is -3.94. The van der Waals surface area contributed by atoms with Crippen LogP contribution >= 0.6 is 0 Å². The molecule has 2 unspecified atom stereocenters. The lowest BCUT2D eigenvalue weighted by Crippen LogP contribution is -2.31. The zero-order valence-corrected chi connectivity index (χ0v) is 17.7. The number of nitrogens with one attached hydrogen (secondary N) is 3. The van der Waals surface area contributed by atoms with Gasteiger partial charge in [0.1, 0.15) is 11.6 Å². The summed E-state index contributed by atoms with van der Waals surface area (Å²) in [5, 5.41) is 18.8. The van der Waals surface area contributed by atoms with Gasteiger partial charge >= 0.3 is 0 Å². The van der Waals surface area contributed by atoms with Crippen molar-refractivity contribution >= 4 is 11.6 Å². The van der Waals surface area contributed by atoms with Gasteiger partial charge in [-0.3, -0.25) is 19.8 Å². The number of carbonyl (C=O) groups excluding carboxylic acids is 1. The molecular weight excluding hydrogens is 410 g/mol. The first-order chi connectivity index (χ1) is 15.5. The molecule has 1 aliphatic heterocycles. The first-order valence-electron chi connectivity index (χ1n) is 10.3. The van der Waals surface area contributed by atoms with E-state index in [1.165, 1.54) is 0 Å². The van der Waals surface area contributed by atoms with Gasteiger partial charge in [0, 0.05) is 23.6 Å². The van der Waals surface area contributed by atoms with E-state index in [2.05, 4.69) is 15.5 Å². The van der Waals surface area contributed by atoms with E-state index >= 15 is 0 Å². The number of fused-ring (bicyclic) bond motifs is 1. The predicted molar refractivity (Wildman–Crippen MR) is 119 cm³/mol. The van der Waals surface area contributed by atoms with E-state index in [-0.39, 0.29) is 23.0 Å². The van der Waals surface area contributed by atoms with Gasteiger partial charge in [0.25, 0.3) is 5.56 Å². The van der Waals surface area contributed by atoms with Crippen LogP contribution in [0.3, 0.4) is 0 Å². The molecule has 1 aliphatic carbocycles. The third-order valence-corrected chi connectivity index (χ3v) is 6.26. The summed E-state index contributed by atoms with van der Waals surface area (Å²) in [5.74, 6) is 1.24. The standard InChI is InChI=1S/C24H23N3O5/c1-31-18-7-6-12(11-19(18)32-2)14-9-16-21(17(29)10-14)20(13-4-3-5-15(28)8-13)22-23(25-16)26-27-24(22)30/h3-8,11,14,20,28H,9-10H2,1-2H3,(H3,25,26,27,30). The Morgan fingerprint density at radius 1 is 0.938 bits per heavy atom.